The van der Waals surface area contributed by atoms with Gasteiger partial charge in [-0.15, -0.1) is 22.7 Å². The fourth-order valence-electron chi connectivity index (χ4n) is 9.76. The minimum atomic E-state index is -0.00360. The van der Waals surface area contributed by atoms with Gasteiger partial charge in [0.2, 0.25) is 0 Å². The van der Waals surface area contributed by atoms with Gasteiger partial charge in [-0.1, -0.05) is 207 Å². The average Bonchev–Trinajstić information content (AvgIpc) is 4.03. The van der Waals surface area contributed by atoms with Crippen LogP contribution in [0.2, 0.25) is 0 Å². The summed E-state index contributed by atoms with van der Waals surface area (Å²) in [5.41, 5.74) is 2.79. The second kappa shape index (κ2) is 31.6. The Labute approximate surface area is 404 Å². The molecule has 2 aliphatic rings. The smallest absolute Gasteiger partial charge is 0.261 e. The van der Waals surface area contributed by atoms with Crippen molar-refractivity contribution in [1.29, 1.82) is 0 Å². The van der Waals surface area contributed by atoms with Gasteiger partial charge in [-0.2, -0.15) is 0 Å². The molecule has 9 heteroatoms. The zero-order valence-corrected chi connectivity index (χ0v) is 44.5. The Morgan fingerprint density at radius 3 is 1.16 bits per heavy atom. The number of thiazole rings is 1. The Hall–Kier alpha value is -1.29. The predicted octanol–water partition coefficient (Wildman–Crippen LogP) is 18.3. The average molecular weight is 1020 g/mol. The van der Waals surface area contributed by atoms with E-state index >= 15 is 9.59 Å². The highest BCUT2D eigenvalue weighted by molar-refractivity contribution is 9.11. The predicted molar refractivity (Wildman–Crippen MR) is 277 cm³/mol. The van der Waals surface area contributed by atoms with Crippen molar-refractivity contribution in [2.45, 2.75) is 233 Å². The number of carbonyl (C=O) groups is 2. The first kappa shape index (κ1) is 53.3. The Bertz CT molecular complexity index is 1510. The summed E-state index contributed by atoms with van der Waals surface area (Å²) in [7, 11) is 0. The molecule has 0 fully saturated rings. The molecule has 62 heavy (non-hydrogen) atoms. The molecule has 0 N–H and O–H groups in total. The first-order valence-corrected chi connectivity index (χ1v) is 29.1. The van der Waals surface area contributed by atoms with Gasteiger partial charge in [-0.05, 0) is 81.5 Å². The Kier molecular flexibility index (Phi) is 27.2. The lowest BCUT2D eigenvalue weighted by Gasteiger charge is -2.29. The van der Waals surface area contributed by atoms with Crippen LogP contribution in [0.15, 0.2) is 37.0 Å². The number of nitrogens with zero attached hydrogens (tertiary/aromatic N) is 3. The van der Waals surface area contributed by atoms with Gasteiger partial charge in [0.05, 0.1) is 41.2 Å². The molecule has 4 heterocycles. The van der Waals surface area contributed by atoms with Crippen LogP contribution in [0.1, 0.15) is 243 Å². The van der Waals surface area contributed by atoms with E-state index in [4.69, 9.17) is 4.98 Å². The summed E-state index contributed by atoms with van der Waals surface area (Å²) in [5.74, 6) is 0.787. The van der Waals surface area contributed by atoms with Crippen molar-refractivity contribution in [2.75, 3.05) is 13.1 Å². The Morgan fingerprint density at radius 2 is 0.823 bits per heavy atom. The van der Waals surface area contributed by atoms with E-state index in [0.29, 0.717) is 36.1 Å². The summed E-state index contributed by atoms with van der Waals surface area (Å²) in [6.45, 7) is 10.5. The number of unbranched alkanes of at least 4 members (excludes halogenated alkanes) is 24. The fraction of sp³-hybridized carbons (Fsp3) is 0.755. The van der Waals surface area contributed by atoms with E-state index in [2.05, 4.69) is 71.7 Å². The molecule has 0 saturated carbocycles. The van der Waals surface area contributed by atoms with E-state index in [-0.39, 0.29) is 11.8 Å². The number of hydrogen-bond donors (Lipinski definition) is 0. The number of aromatic nitrogens is 1. The minimum Gasteiger partial charge on any atom is -0.306 e. The van der Waals surface area contributed by atoms with Crippen molar-refractivity contribution in [2.24, 2.45) is 11.8 Å². The van der Waals surface area contributed by atoms with E-state index in [9.17, 15) is 0 Å². The summed E-state index contributed by atoms with van der Waals surface area (Å²) in [4.78, 5) is 40.5. The molecule has 0 saturated heterocycles. The molecule has 0 aliphatic carbocycles. The lowest BCUT2D eigenvalue weighted by molar-refractivity contribution is -0.124. The zero-order valence-electron chi connectivity index (χ0n) is 39.7. The highest BCUT2D eigenvalue weighted by Crippen LogP contribution is 2.49. The van der Waals surface area contributed by atoms with Crippen LogP contribution in [0.4, 0.5) is 0 Å². The molecular weight excluding hydrogens is 935 g/mol. The molecular formula is C53H85Br2N3O2S2. The van der Waals surface area contributed by atoms with Crippen LogP contribution in [-0.4, -0.2) is 39.7 Å². The van der Waals surface area contributed by atoms with Crippen molar-refractivity contribution in [3.05, 3.63) is 46.9 Å². The van der Waals surface area contributed by atoms with Crippen LogP contribution in [-0.2, 0) is 9.59 Å². The maximum absolute atomic E-state index is 15.3. The molecule has 2 aliphatic heterocycles. The molecule has 2 amide bonds. The van der Waals surface area contributed by atoms with Crippen molar-refractivity contribution in [1.82, 2.24) is 14.8 Å². The number of rotatable bonds is 38. The van der Waals surface area contributed by atoms with Gasteiger partial charge in [-0.25, -0.2) is 4.98 Å². The largest absolute Gasteiger partial charge is 0.306 e. The van der Waals surface area contributed by atoms with E-state index in [0.717, 1.165) is 54.5 Å². The molecule has 0 aromatic carbocycles. The topological polar surface area (TPSA) is 53.5 Å². The summed E-state index contributed by atoms with van der Waals surface area (Å²) in [6.07, 6.45) is 42.5. The summed E-state index contributed by atoms with van der Waals surface area (Å²) in [5, 5.41) is 0.769. The molecule has 0 bridgehead atoms. The molecule has 2 aromatic heterocycles. The van der Waals surface area contributed by atoms with Gasteiger partial charge in [0.1, 0.15) is 5.01 Å². The SMILES string of the molecule is CCCCCCCCCCC(CCCCCCCC)CN1C(=O)C2=C(c3ncc(Br)s3)N(CC(CCCCCCCC)CCCCCCCCCC)C(=O)C2=C1c1ccc(Br)s1. The van der Waals surface area contributed by atoms with E-state index in [1.165, 1.54) is 180 Å². The number of amides is 2. The molecule has 0 spiro atoms. The molecule has 2 atom stereocenters. The molecule has 2 unspecified atom stereocenters. The maximum atomic E-state index is 15.3. The normalized spacial score (nSPS) is 15.3. The highest BCUT2D eigenvalue weighted by atomic mass is 79.9. The van der Waals surface area contributed by atoms with Crippen LogP contribution in [0.3, 0.4) is 0 Å². The first-order chi connectivity index (χ1) is 30.3. The van der Waals surface area contributed by atoms with Crippen LogP contribution >= 0.6 is 54.5 Å². The maximum Gasteiger partial charge on any atom is 0.261 e. The van der Waals surface area contributed by atoms with Gasteiger partial charge in [0.25, 0.3) is 11.8 Å². The third-order valence-electron chi connectivity index (χ3n) is 13.4. The van der Waals surface area contributed by atoms with Crippen LogP contribution in [0.25, 0.3) is 11.4 Å². The molecule has 2 aromatic rings. The van der Waals surface area contributed by atoms with Crippen molar-refractivity contribution >= 4 is 77.7 Å². The highest BCUT2D eigenvalue weighted by Gasteiger charge is 2.50. The fourth-order valence-corrected chi connectivity index (χ4v) is 12.5. The van der Waals surface area contributed by atoms with Crippen LogP contribution in [0, 0.1) is 11.8 Å². The number of carbonyl (C=O) groups excluding carboxylic acids is 2. The number of fused-ring (bicyclic) bond motifs is 1. The lowest BCUT2D eigenvalue weighted by Crippen LogP contribution is -2.34. The van der Waals surface area contributed by atoms with Crippen molar-refractivity contribution < 1.29 is 9.59 Å². The van der Waals surface area contributed by atoms with E-state index in [1.54, 1.807) is 22.7 Å². The molecule has 5 nitrogen and oxygen atoms in total. The van der Waals surface area contributed by atoms with Crippen LogP contribution < -0.4 is 0 Å². The summed E-state index contributed by atoms with van der Waals surface area (Å²) in [6, 6.07) is 4.18. The summed E-state index contributed by atoms with van der Waals surface area (Å²) >= 11 is 10.6. The lowest BCUT2D eigenvalue weighted by atomic mass is 9.93. The molecule has 4 rings (SSSR count). The van der Waals surface area contributed by atoms with Gasteiger partial charge in [0, 0.05) is 13.1 Å². The van der Waals surface area contributed by atoms with Gasteiger partial charge in [-0.3, -0.25) is 9.59 Å². The zero-order chi connectivity index (χ0) is 44.4. The Balaban J connectivity index is 1.62. The summed E-state index contributed by atoms with van der Waals surface area (Å²) < 4.78 is 1.94. The monoisotopic (exact) mass is 1020 g/mol. The van der Waals surface area contributed by atoms with Crippen molar-refractivity contribution in [3.63, 3.8) is 0 Å². The van der Waals surface area contributed by atoms with Gasteiger partial charge in [0.15, 0.2) is 0 Å². The third kappa shape index (κ3) is 17.8. The number of hydrogen-bond acceptors (Lipinski definition) is 5. The minimum absolute atomic E-state index is 0.00360. The van der Waals surface area contributed by atoms with E-state index < -0.39 is 0 Å². The van der Waals surface area contributed by atoms with Gasteiger partial charge >= 0.3 is 0 Å². The first-order valence-electron chi connectivity index (χ1n) is 25.8. The molecule has 0 radical (unpaired) electrons. The van der Waals surface area contributed by atoms with E-state index in [1.807, 2.05) is 16.0 Å². The standard InChI is InChI=1S/C53H85Br2N3O2S2/c1-5-9-13-17-21-23-27-31-34-42(33-29-25-19-15-11-7-3)40-57-49(44-37-38-45(54)61-44)47-48(53(57)60)50(51-56-39-46(55)62-51)58(52(47)59)41-43(35-30-26-20-16-12-8-4)36-32-28-24-22-18-14-10-6-2/h37-39,42-43H,5-36,40-41H2,1-4H3. The third-order valence-corrected chi connectivity index (χ3v) is 16.5. The quantitative estimate of drug-likeness (QED) is 0.0630. The molecule has 350 valence electrons. The number of thiophene rings is 1. The van der Waals surface area contributed by atoms with Crippen LogP contribution in [0.5, 0.6) is 0 Å². The Morgan fingerprint density at radius 1 is 0.468 bits per heavy atom. The number of halogens is 2. The second-order valence-corrected chi connectivity index (χ2v) is 23.6. The van der Waals surface area contributed by atoms with Crippen molar-refractivity contribution in [3.8, 4) is 0 Å². The second-order valence-electron chi connectivity index (χ2n) is 18.7. The van der Waals surface area contributed by atoms with Gasteiger partial charge < -0.3 is 9.80 Å².